The monoisotopic (exact) mass is 6280 g/mol. The maximum absolute atomic E-state index is 13.2. The van der Waals surface area contributed by atoms with Crippen LogP contribution < -0.4 is 13.3 Å². The van der Waals surface area contributed by atoms with Gasteiger partial charge < -0.3 is 44.0 Å². The SMILES string of the molecule is CN1C[C@H](C(=O)CC2=CC(C3CC3)=NC2)N(C2CCN(C(=O)OCc3ccccc3)CC2)C1=O.CN1C[C@H](C(=O)O)N(C2CCN(C(=O)OCc3ccccc3)CC2)C1=O.II(I)I(I)I(I)I(I)I(I)I(I)I(I)I(I)I(I)I(I)I.I[I-]I(I)I(I)I(I)I(I)I(I)I(I)I(I)I(I)I(I)I. The molecule has 0 unspecified atom stereocenters. The molecule has 6 amide bonds. The quantitative estimate of drug-likeness (QED) is 0.0778. The van der Waals surface area contributed by atoms with E-state index in [1.807, 2.05) is 60.7 Å². The fourth-order valence-electron chi connectivity index (χ4n) is 9.11. The predicted octanol–water partition coefficient (Wildman–Crippen LogP) is 39.1. The molecule has 0 spiro atoms. The van der Waals surface area contributed by atoms with Crippen LogP contribution in [0.25, 0.3) is 0 Å². The topological polar surface area (TPSA) is 173 Å². The van der Waals surface area contributed by atoms with Crippen molar-refractivity contribution < 1.29 is 56.6 Å². The van der Waals surface area contributed by atoms with Gasteiger partial charge in [-0.15, -0.1) is 0 Å². The summed E-state index contributed by atoms with van der Waals surface area (Å²) in [4.78, 5) is 88.8. The van der Waals surface area contributed by atoms with Crippen molar-refractivity contribution in [3.05, 3.63) is 83.4 Å². The van der Waals surface area contributed by atoms with Gasteiger partial charge in [-0.3, -0.25) is 9.79 Å². The molecule has 2 aromatic carbocycles. The van der Waals surface area contributed by atoms with Crippen LogP contribution in [-0.4, -0.2) is 160 Å². The molecule has 1 saturated carbocycles. The molecule has 103 heavy (non-hydrogen) atoms. The van der Waals surface area contributed by atoms with Gasteiger partial charge in [0.05, 0.1) is 13.1 Å². The standard InChI is InChI=1S/C26H32N4O4.C18H23N3O5.I22.I21/c1-28-16-23(24(31)14-19-13-22(27-15-19)20-7-8-20)30(25(28)32)21-9-11-29(12-10-21)26(33)34-17-18-5-3-2-4-6-18;1-19-11-15(16(22)23)21(17(19)24)14-7-9-20(10-8-14)18(25)26-12-13-5-3-2-4-6-13;1-13(2)15(5)17(7)19(9)21(11)22(12)20(10)18(8)16(6)14(3)4;1-12-14(4)16(6)18(8)20(10)21(11)19(9)17(7)15(5)13(2)3/h2-6,13,20-21,23H,7-12,14-17H2,1H3;2-6,14-15H,7-12H2,1H3,(H,22,23);;/q;;;-1/t23-;15-;;/m11../s1. The minimum absolute atomic E-state index is 0.0552. The van der Waals surface area contributed by atoms with Crippen molar-refractivity contribution >= 4 is 620 Å². The Kier molecular flexibility index (Phi) is 75.6. The van der Waals surface area contributed by atoms with Gasteiger partial charge in [-0.2, -0.15) is 0 Å². The number of nitrogens with zero attached hydrogens (tertiary/aromatic N) is 7. The number of halogens is 43. The number of urea groups is 2. The number of benzene rings is 2. The summed E-state index contributed by atoms with van der Waals surface area (Å²) >= 11 is 71.0. The Bertz CT molecular complexity index is 3050. The molecule has 0 bridgehead atoms. The molecule has 1 N–H and O–H groups in total. The van der Waals surface area contributed by atoms with Crippen molar-refractivity contribution in [3.8, 4) is 0 Å². The Labute approximate surface area is 905 Å². The summed E-state index contributed by atoms with van der Waals surface area (Å²) in [6, 6.07) is 17.2. The van der Waals surface area contributed by atoms with E-state index < -0.39 is 136 Å². The summed E-state index contributed by atoms with van der Waals surface area (Å²) < 4.78 is 10.8. The van der Waals surface area contributed by atoms with Gasteiger partial charge in [0.2, 0.25) is 0 Å². The van der Waals surface area contributed by atoms with Crippen LogP contribution in [-0.2, 0) is 32.3 Å². The Morgan fingerprint density at radius 2 is 0.796 bits per heavy atom. The van der Waals surface area contributed by atoms with E-state index in [0.717, 1.165) is 22.4 Å². The number of carboxylic acid groups (broad SMARTS) is 1. The first-order chi connectivity index (χ1) is 48.4. The average molecular weight is 6280 g/mol. The van der Waals surface area contributed by atoms with Crippen molar-refractivity contribution in [2.45, 2.75) is 82.3 Å². The molecule has 4 saturated heterocycles. The number of Topliss-reactive ketones (excluding diaryl/α,β-unsaturated/α-hetero) is 1. The van der Waals surface area contributed by atoms with E-state index in [2.05, 4.69) is 439 Å². The van der Waals surface area contributed by atoms with Gasteiger partial charge in [0.15, 0.2) is 5.78 Å². The van der Waals surface area contributed by atoms with Crippen LogP contribution in [0.3, 0.4) is 0 Å². The molecular formula is C44H55I43N7O9-. The molecule has 16 nitrogen and oxygen atoms in total. The van der Waals surface area contributed by atoms with Crippen molar-refractivity contribution in [1.29, 1.82) is 0 Å². The zero-order valence-corrected chi connectivity index (χ0v) is 143. The molecule has 59 heteroatoms. The number of carbonyl (C=O) groups is 6. The van der Waals surface area contributed by atoms with Crippen LogP contribution in [0.2, 0.25) is 0 Å². The van der Waals surface area contributed by atoms with Gasteiger partial charge in [0.25, 0.3) is 0 Å². The number of ether oxygens (including phenoxy) is 2. The van der Waals surface area contributed by atoms with E-state index >= 15 is 0 Å². The molecule has 8 rings (SSSR count). The molecule has 622 valence electrons. The Morgan fingerprint density at radius 1 is 0.476 bits per heavy atom. The van der Waals surface area contributed by atoms with Crippen LogP contribution in [0.1, 0.15) is 56.1 Å². The van der Waals surface area contributed by atoms with Gasteiger partial charge in [0.1, 0.15) is 25.3 Å². The van der Waals surface area contributed by atoms with E-state index in [-0.39, 0.29) is 93.5 Å². The first-order valence-corrected chi connectivity index (χ1v) is 285. The van der Waals surface area contributed by atoms with Crippen LogP contribution in [0.15, 0.2) is 77.3 Å². The second-order valence-corrected chi connectivity index (χ2v) is 962. The number of amides is 6. The second-order valence-electron chi connectivity index (χ2n) is 19.6. The minimum atomic E-state index is -0.993. The summed E-state index contributed by atoms with van der Waals surface area (Å²) in [6.45, 7) is 3.58. The molecule has 0 aromatic heterocycles. The number of hydrogen-bond donors (Lipinski definition) is 1. The molecule has 1 aliphatic carbocycles. The summed E-state index contributed by atoms with van der Waals surface area (Å²) in [5.41, 5.74) is 4.08. The molecule has 6 aliphatic rings. The summed E-state index contributed by atoms with van der Waals surface area (Å²) in [5, 5.41) is 9.36. The van der Waals surface area contributed by atoms with Gasteiger partial charge in [-0.25, -0.2) is 24.0 Å². The first kappa shape index (κ1) is 119. The summed E-state index contributed by atoms with van der Waals surface area (Å²) in [5.74, 6) is -0.318. The summed E-state index contributed by atoms with van der Waals surface area (Å²) in [6.07, 6.45) is 6.50. The van der Waals surface area contributed by atoms with E-state index in [9.17, 15) is 33.9 Å². The van der Waals surface area contributed by atoms with Crippen LogP contribution >= 0.6 is 578 Å². The predicted molar refractivity (Wildman–Crippen MR) is 809 cm³/mol. The maximum atomic E-state index is 13.2. The number of likely N-dealkylation sites (tertiary alicyclic amines) is 2. The fraction of sp³-hybridized carbons (Fsp3) is 0.523. The molecule has 5 fully saturated rings. The van der Waals surface area contributed by atoms with Crippen LogP contribution in [0.5, 0.6) is 0 Å². The number of likely N-dealkylation sites (N-methyl/N-ethyl adjacent to an activating group) is 2. The van der Waals surface area contributed by atoms with Gasteiger partial charge >= 0.3 is 622 Å². The Balaban J connectivity index is 0.000000253. The Hall–Kier alpha value is 25.5. The van der Waals surface area contributed by atoms with Gasteiger partial charge in [-0.1, -0.05) is 60.7 Å². The second kappa shape index (κ2) is 65.5. The number of piperidine rings is 2. The number of allylic oxidation sites excluding steroid dienone is 1. The summed E-state index contributed by atoms with van der Waals surface area (Å²) in [7, 11) is -4.35. The number of carboxylic acids is 1. The third-order valence-electron chi connectivity index (χ3n) is 13.6. The Morgan fingerprint density at radius 3 is 1.12 bits per heavy atom. The molecular weight excluding hydrogens is 6230 g/mol. The van der Waals surface area contributed by atoms with Crippen molar-refractivity contribution in [3.63, 3.8) is 0 Å². The number of carbonyl (C=O) groups excluding carboxylic acids is 5. The van der Waals surface area contributed by atoms with Crippen LogP contribution in [0, 0.1) is 5.92 Å². The number of aliphatic imine (C=N–C) groups is 1. The zero-order chi connectivity index (χ0) is 77.0. The zero-order valence-electron chi connectivity index (χ0n) is 50.6. The molecule has 2 aromatic rings. The molecule has 2 atom stereocenters. The normalized spacial score (nSPS) is 20.5. The van der Waals surface area contributed by atoms with Crippen molar-refractivity contribution in [2.75, 3.05) is 59.9 Å². The average Bonchev–Trinajstić information content (AvgIpc) is 1.66. The number of hydrogen-bond acceptors (Lipinski definition) is 9. The molecule has 0 radical (unpaired) electrons. The van der Waals surface area contributed by atoms with Crippen molar-refractivity contribution in [1.82, 2.24) is 29.4 Å². The molecule has 5 aliphatic heterocycles. The van der Waals surface area contributed by atoms with E-state index in [0.29, 0.717) is 90.5 Å². The van der Waals surface area contributed by atoms with E-state index in [1.54, 1.807) is 33.7 Å². The molecule has 5 heterocycles. The van der Waals surface area contributed by atoms with E-state index in [4.69, 9.17) is 9.47 Å². The van der Waals surface area contributed by atoms with Crippen LogP contribution in [0.4, 0.5) is 19.2 Å². The third kappa shape index (κ3) is 42.4. The number of rotatable bonds is 29. The van der Waals surface area contributed by atoms with Crippen molar-refractivity contribution in [2.24, 2.45) is 10.9 Å². The fourth-order valence-corrected chi connectivity index (χ4v) is 6510. The van der Waals surface area contributed by atoms with Gasteiger partial charge in [0, 0.05) is 77.0 Å². The number of ketones is 1. The first-order valence-electron chi connectivity index (χ1n) is 26.8. The van der Waals surface area contributed by atoms with Gasteiger partial charge in [-0.05, 0) is 61.3 Å². The van der Waals surface area contributed by atoms with E-state index in [1.165, 1.54) is 22.6 Å². The number of aliphatic carboxylic acids is 1. The third-order valence-corrected chi connectivity index (χ3v) is 2910.